The van der Waals surface area contributed by atoms with Gasteiger partial charge >= 0.3 is 5.97 Å². The Labute approximate surface area is 99.8 Å². The van der Waals surface area contributed by atoms with Crippen LogP contribution in [0.5, 0.6) is 0 Å². The second-order valence-corrected chi connectivity index (χ2v) is 5.80. The van der Waals surface area contributed by atoms with Gasteiger partial charge in [0.25, 0.3) is 0 Å². The number of carboxylic acids is 1. The Morgan fingerprint density at radius 2 is 2.24 bits per heavy atom. The summed E-state index contributed by atoms with van der Waals surface area (Å²) in [6, 6.07) is 0. The summed E-state index contributed by atoms with van der Waals surface area (Å²) in [6.07, 6.45) is -0.395. The van der Waals surface area contributed by atoms with Crippen molar-refractivity contribution in [1.82, 2.24) is 4.72 Å². The van der Waals surface area contributed by atoms with E-state index in [0.717, 1.165) is 12.8 Å². The third kappa shape index (κ3) is 5.44. The molecular weight excluding hydrogens is 250 g/mol. The number of aliphatic hydroxyl groups excluding tert-OH is 1. The molecule has 100 valence electrons. The third-order valence-corrected chi connectivity index (χ3v) is 3.91. The fraction of sp³-hybridized carbons (Fsp3) is 0.889. The van der Waals surface area contributed by atoms with Gasteiger partial charge in [-0.3, -0.25) is 0 Å². The van der Waals surface area contributed by atoms with Crippen LogP contribution in [0.15, 0.2) is 0 Å². The van der Waals surface area contributed by atoms with E-state index in [0.29, 0.717) is 6.61 Å². The molecule has 8 heteroatoms. The second kappa shape index (κ2) is 6.29. The van der Waals surface area contributed by atoms with E-state index < -0.39 is 22.1 Å². The van der Waals surface area contributed by atoms with Crippen LogP contribution < -0.4 is 4.72 Å². The number of rotatable bonds is 7. The van der Waals surface area contributed by atoms with Crippen molar-refractivity contribution in [3.05, 3.63) is 0 Å². The molecule has 0 saturated carbocycles. The highest BCUT2D eigenvalue weighted by atomic mass is 32.2. The number of carboxylic acid groups (broad SMARTS) is 1. The van der Waals surface area contributed by atoms with Crippen molar-refractivity contribution in [1.29, 1.82) is 0 Å². The molecule has 0 bridgehead atoms. The Hall–Kier alpha value is -0.700. The largest absolute Gasteiger partial charge is 0.479 e. The van der Waals surface area contributed by atoms with Crippen molar-refractivity contribution in [2.24, 2.45) is 0 Å². The summed E-state index contributed by atoms with van der Waals surface area (Å²) < 4.78 is 30.5. The first-order valence-electron chi connectivity index (χ1n) is 5.40. The van der Waals surface area contributed by atoms with Gasteiger partial charge in [0.1, 0.15) is 0 Å². The summed E-state index contributed by atoms with van der Waals surface area (Å²) in [6.45, 7) is 0.487. The zero-order chi connectivity index (χ0) is 12.9. The van der Waals surface area contributed by atoms with Crippen molar-refractivity contribution in [3.63, 3.8) is 0 Å². The number of ether oxygens (including phenoxy) is 1. The van der Waals surface area contributed by atoms with E-state index in [1.54, 1.807) is 0 Å². The van der Waals surface area contributed by atoms with Gasteiger partial charge in [-0.05, 0) is 19.3 Å². The molecule has 17 heavy (non-hydrogen) atoms. The Morgan fingerprint density at radius 3 is 2.76 bits per heavy atom. The molecule has 0 radical (unpaired) electrons. The number of carbonyl (C=O) groups is 1. The number of aliphatic carboxylic acids is 1. The molecule has 7 nitrogen and oxygen atoms in total. The Bertz CT molecular complexity index is 348. The Kier molecular flexibility index (Phi) is 5.31. The highest BCUT2D eigenvalue weighted by Gasteiger charge is 2.23. The summed E-state index contributed by atoms with van der Waals surface area (Å²) in [4.78, 5) is 10.3. The number of hydrogen-bond acceptors (Lipinski definition) is 5. The van der Waals surface area contributed by atoms with Crippen LogP contribution in [0.3, 0.4) is 0 Å². The van der Waals surface area contributed by atoms with Gasteiger partial charge in [0.2, 0.25) is 10.0 Å². The average molecular weight is 267 g/mol. The van der Waals surface area contributed by atoms with Gasteiger partial charge in [-0.1, -0.05) is 0 Å². The van der Waals surface area contributed by atoms with E-state index in [1.807, 2.05) is 0 Å². The topological polar surface area (TPSA) is 113 Å². The van der Waals surface area contributed by atoms with Crippen molar-refractivity contribution >= 4 is 16.0 Å². The first-order valence-corrected chi connectivity index (χ1v) is 7.06. The molecule has 0 aromatic rings. The minimum absolute atomic E-state index is 0.0947. The van der Waals surface area contributed by atoms with Gasteiger partial charge in [-0.2, -0.15) is 0 Å². The maximum Gasteiger partial charge on any atom is 0.332 e. The molecule has 0 aliphatic carbocycles. The summed E-state index contributed by atoms with van der Waals surface area (Å²) in [5.41, 5.74) is 0. The van der Waals surface area contributed by atoms with E-state index in [4.69, 9.17) is 14.9 Å². The Balaban J connectivity index is 2.26. The quantitative estimate of drug-likeness (QED) is 0.541. The van der Waals surface area contributed by atoms with Gasteiger partial charge in [-0.15, -0.1) is 0 Å². The predicted octanol–water partition coefficient (Wildman–Crippen LogP) is -1.08. The molecule has 1 fully saturated rings. The number of aliphatic hydroxyl groups is 1. The van der Waals surface area contributed by atoms with Gasteiger partial charge in [0.15, 0.2) is 6.10 Å². The number of sulfonamides is 1. The zero-order valence-electron chi connectivity index (χ0n) is 9.33. The van der Waals surface area contributed by atoms with E-state index >= 15 is 0 Å². The van der Waals surface area contributed by atoms with Gasteiger partial charge < -0.3 is 14.9 Å². The zero-order valence-corrected chi connectivity index (χ0v) is 10.1. The summed E-state index contributed by atoms with van der Waals surface area (Å²) in [5.74, 6) is -1.47. The van der Waals surface area contributed by atoms with Crippen molar-refractivity contribution < 1.29 is 28.2 Å². The minimum atomic E-state index is -3.47. The monoisotopic (exact) mass is 267 g/mol. The predicted molar refractivity (Wildman–Crippen MR) is 59.0 cm³/mol. The number of hydrogen-bond donors (Lipinski definition) is 3. The highest BCUT2D eigenvalue weighted by molar-refractivity contribution is 7.89. The molecule has 1 rings (SSSR count). The first-order chi connectivity index (χ1) is 7.91. The normalized spacial score (nSPS) is 22.5. The molecule has 0 spiro atoms. The van der Waals surface area contributed by atoms with Crippen LogP contribution in [0.4, 0.5) is 0 Å². The molecule has 3 N–H and O–H groups in total. The van der Waals surface area contributed by atoms with Gasteiger partial charge in [0, 0.05) is 13.2 Å². The average Bonchev–Trinajstić information content (AvgIpc) is 2.68. The molecule has 1 heterocycles. The molecule has 1 unspecified atom stereocenters. The second-order valence-electron chi connectivity index (χ2n) is 3.95. The fourth-order valence-corrected chi connectivity index (χ4v) is 2.85. The molecule has 1 aliphatic heterocycles. The molecule has 0 aromatic carbocycles. The maximum absolute atomic E-state index is 11.5. The lowest BCUT2D eigenvalue weighted by atomic mass is 10.3. The molecular formula is C9H17NO6S. The van der Waals surface area contributed by atoms with Crippen LogP contribution in [-0.2, 0) is 19.6 Å². The summed E-state index contributed by atoms with van der Waals surface area (Å²) in [7, 11) is -3.47. The minimum Gasteiger partial charge on any atom is -0.479 e. The first kappa shape index (κ1) is 14.4. The van der Waals surface area contributed by atoms with Crippen LogP contribution in [0, 0.1) is 0 Å². The van der Waals surface area contributed by atoms with Gasteiger partial charge in [-0.25, -0.2) is 17.9 Å². The van der Waals surface area contributed by atoms with Gasteiger partial charge in [0.05, 0.1) is 11.9 Å². The fourth-order valence-electron chi connectivity index (χ4n) is 1.55. The molecule has 0 aromatic heterocycles. The third-order valence-electron chi connectivity index (χ3n) is 2.45. The standard InChI is InChI=1S/C9H17NO6S/c11-8(9(12)13)3-4-10-17(14,15)6-7-2-1-5-16-7/h7-8,10-11H,1-6H2,(H,12,13)/t7?,8-/m0/s1. The smallest absolute Gasteiger partial charge is 0.332 e. The maximum atomic E-state index is 11.5. The molecule has 1 saturated heterocycles. The lowest BCUT2D eigenvalue weighted by molar-refractivity contribution is -0.146. The highest BCUT2D eigenvalue weighted by Crippen LogP contribution is 2.13. The summed E-state index contributed by atoms with van der Waals surface area (Å²) in [5, 5.41) is 17.3. The van der Waals surface area contributed by atoms with E-state index in [1.165, 1.54) is 0 Å². The van der Waals surface area contributed by atoms with Crippen LogP contribution in [-0.4, -0.2) is 55.7 Å². The van der Waals surface area contributed by atoms with E-state index in [2.05, 4.69) is 4.72 Å². The van der Waals surface area contributed by atoms with Crippen LogP contribution in [0.25, 0.3) is 0 Å². The molecule has 0 amide bonds. The van der Waals surface area contributed by atoms with Crippen LogP contribution in [0.2, 0.25) is 0 Å². The number of nitrogens with one attached hydrogen (secondary N) is 1. The summed E-state index contributed by atoms with van der Waals surface area (Å²) >= 11 is 0. The lowest BCUT2D eigenvalue weighted by Crippen LogP contribution is -2.34. The molecule has 2 atom stereocenters. The van der Waals surface area contributed by atoms with Crippen LogP contribution >= 0.6 is 0 Å². The van der Waals surface area contributed by atoms with Crippen molar-refractivity contribution in [2.45, 2.75) is 31.5 Å². The SMILES string of the molecule is O=C(O)[C@@H](O)CCNS(=O)(=O)CC1CCCO1. The van der Waals surface area contributed by atoms with Crippen molar-refractivity contribution in [2.75, 3.05) is 18.9 Å². The Morgan fingerprint density at radius 1 is 1.53 bits per heavy atom. The molecule has 1 aliphatic rings. The van der Waals surface area contributed by atoms with E-state index in [9.17, 15) is 13.2 Å². The van der Waals surface area contributed by atoms with Crippen LogP contribution in [0.1, 0.15) is 19.3 Å². The van der Waals surface area contributed by atoms with E-state index in [-0.39, 0.29) is 24.8 Å². The lowest BCUT2D eigenvalue weighted by Gasteiger charge is -2.11. The van der Waals surface area contributed by atoms with Crippen molar-refractivity contribution in [3.8, 4) is 0 Å².